The second-order valence-corrected chi connectivity index (χ2v) is 5.74. The number of carbonyl (C=O) groups is 2. The van der Waals surface area contributed by atoms with Crippen molar-refractivity contribution in [1.29, 1.82) is 0 Å². The summed E-state index contributed by atoms with van der Waals surface area (Å²) in [7, 11) is 0. The number of carboxylic acid groups (broad SMARTS) is 1. The fraction of sp³-hybridized carbons (Fsp3) is 0.500. The SMILES string of the molecule is Cc1cc(NC(=O)NCCCC2CC2)cc(C(=O)O)c1C. The highest BCUT2D eigenvalue weighted by Gasteiger charge is 2.20. The minimum atomic E-state index is -0.982. The molecule has 0 saturated heterocycles. The predicted octanol–water partition coefficient (Wildman–Crippen LogP) is 3.31. The Morgan fingerprint density at radius 2 is 2.00 bits per heavy atom. The first-order valence-corrected chi connectivity index (χ1v) is 7.36. The average molecular weight is 290 g/mol. The van der Waals surface area contributed by atoms with Gasteiger partial charge in [-0.1, -0.05) is 12.8 Å². The molecule has 0 aliphatic heterocycles. The molecule has 5 heteroatoms. The Bertz CT molecular complexity index is 551. The standard InChI is InChI=1S/C16H22N2O3/c1-10-8-13(9-14(11(10)2)15(19)20)18-16(21)17-7-3-4-12-5-6-12/h8-9,12H,3-7H2,1-2H3,(H,19,20)(H2,17,18,21). The van der Waals surface area contributed by atoms with Crippen molar-refractivity contribution in [3.05, 3.63) is 28.8 Å². The molecule has 1 aliphatic carbocycles. The molecule has 1 fully saturated rings. The minimum Gasteiger partial charge on any atom is -0.478 e. The molecule has 1 aromatic carbocycles. The van der Waals surface area contributed by atoms with Crippen molar-refractivity contribution in [3.8, 4) is 0 Å². The largest absolute Gasteiger partial charge is 0.478 e. The zero-order valence-electron chi connectivity index (χ0n) is 12.5. The van der Waals surface area contributed by atoms with Crippen molar-refractivity contribution in [2.45, 2.75) is 39.5 Å². The number of amides is 2. The van der Waals surface area contributed by atoms with E-state index in [0.717, 1.165) is 23.5 Å². The summed E-state index contributed by atoms with van der Waals surface area (Å²) in [4.78, 5) is 22.9. The van der Waals surface area contributed by atoms with Gasteiger partial charge in [0.05, 0.1) is 5.56 Å². The van der Waals surface area contributed by atoms with Gasteiger partial charge in [-0.05, 0) is 55.9 Å². The van der Waals surface area contributed by atoms with Crippen LogP contribution in [0, 0.1) is 19.8 Å². The van der Waals surface area contributed by atoms with Gasteiger partial charge in [-0.3, -0.25) is 0 Å². The number of benzene rings is 1. The van der Waals surface area contributed by atoms with Gasteiger partial charge in [0, 0.05) is 12.2 Å². The third-order valence-electron chi connectivity index (χ3n) is 3.93. The van der Waals surface area contributed by atoms with E-state index >= 15 is 0 Å². The number of rotatable bonds is 6. The summed E-state index contributed by atoms with van der Waals surface area (Å²) in [6, 6.07) is 2.99. The highest BCUT2D eigenvalue weighted by molar-refractivity contribution is 5.94. The Labute approximate surface area is 124 Å². The van der Waals surface area contributed by atoms with Gasteiger partial charge in [0.2, 0.25) is 0 Å². The normalized spacial score (nSPS) is 13.8. The van der Waals surface area contributed by atoms with Crippen LogP contribution in [0.3, 0.4) is 0 Å². The van der Waals surface area contributed by atoms with Crippen molar-refractivity contribution in [3.63, 3.8) is 0 Å². The fourth-order valence-electron chi connectivity index (χ4n) is 2.33. The van der Waals surface area contributed by atoms with Crippen LogP contribution in [-0.2, 0) is 0 Å². The van der Waals surface area contributed by atoms with Gasteiger partial charge in [-0.15, -0.1) is 0 Å². The minimum absolute atomic E-state index is 0.221. The smallest absolute Gasteiger partial charge is 0.336 e. The maximum absolute atomic E-state index is 11.8. The number of nitrogens with one attached hydrogen (secondary N) is 2. The summed E-state index contributed by atoms with van der Waals surface area (Å²) in [6.07, 6.45) is 4.82. The lowest BCUT2D eigenvalue weighted by Gasteiger charge is -2.11. The number of aromatic carboxylic acids is 1. The number of aryl methyl sites for hydroxylation is 1. The summed E-state index contributed by atoms with van der Waals surface area (Å²) in [5.74, 6) is -0.114. The first-order chi connectivity index (χ1) is 9.97. The number of carboxylic acids is 1. The van der Waals surface area contributed by atoms with Gasteiger partial charge in [0.25, 0.3) is 0 Å². The lowest BCUT2D eigenvalue weighted by Crippen LogP contribution is -2.29. The molecule has 1 saturated carbocycles. The zero-order chi connectivity index (χ0) is 15.4. The number of urea groups is 1. The van der Waals surface area contributed by atoms with Gasteiger partial charge in [-0.2, -0.15) is 0 Å². The molecule has 0 bridgehead atoms. The van der Waals surface area contributed by atoms with Crippen molar-refractivity contribution < 1.29 is 14.7 Å². The maximum Gasteiger partial charge on any atom is 0.336 e. The first kappa shape index (κ1) is 15.4. The van der Waals surface area contributed by atoms with Crippen LogP contribution >= 0.6 is 0 Å². The predicted molar refractivity (Wildman–Crippen MR) is 81.9 cm³/mol. The van der Waals surface area contributed by atoms with Gasteiger partial charge >= 0.3 is 12.0 Å². The van der Waals surface area contributed by atoms with Gasteiger partial charge in [-0.25, -0.2) is 9.59 Å². The van der Waals surface area contributed by atoms with E-state index in [1.54, 1.807) is 13.0 Å². The molecular weight excluding hydrogens is 268 g/mol. The summed E-state index contributed by atoms with van der Waals surface area (Å²) < 4.78 is 0. The van der Waals surface area contributed by atoms with Crippen LogP contribution in [0.2, 0.25) is 0 Å². The van der Waals surface area contributed by atoms with E-state index in [4.69, 9.17) is 5.11 Å². The van der Waals surface area contributed by atoms with E-state index < -0.39 is 5.97 Å². The second kappa shape index (κ2) is 6.61. The number of carbonyl (C=O) groups excluding carboxylic acids is 1. The molecule has 1 aromatic rings. The summed E-state index contributed by atoms with van der Waals surface area (Å²) >= 11 is 0. The van der Waals surface area contributed by atoms with Gasteiger partial charge in [0.15, 0.2) is 0 Å². The molecule has 0 unspecified atom stereocenters. The number of anilines is 1. The Morgan fingerprint density at radius 3 is 2.62 bits per heavy atom. The van der Waals surface area contributed by atoms with Gasteiger partial charge in [0.1, 0.15) is 0 Å². The summed E-state index contributed by atoms with van der Waals surface area (Å²) in [6.45, 7) is 4.25. The quantitative estimate of drug-likeness (QED) is 0.703. The van der Waals surface area contributed by atoms with E-state index in [1.165, 1.54) is 25.3 Å². The molecule has 2 amide bonds. The molecule has 0 atom stereocenters. The summed E-state index contributed by atoms with van der Waals surface area (Å²) in [5.41, 5.74) is 2.30. The molecule has 0 aromatic heterocycles. The van der Waals surface area contributed by atoms with Crippen LogP contribution in [0.4, 0.5) is 10.5 Å². The van der Waals surface area contributed by atoms with E-state index in [9.17, 15) is 9.59 Å². The lowest BCUT2D eigenvalue weighted by atomic mass is 10.0. The zero-order valence-corrected chi connectivity index (χ0v) is 12.5. The van der Waals surface area contributed by atoms with E-state index in [2.05, 4.69) is 10.6 Å². The van der Waals surface area contributed by atoms with Crippen LogP contribution in [0.25, 0.3) is 0 Å². The van der Waals surface area contributed by atoms with E-state index in [1.807, 2.05) is 6.92 Å². The Morgan fingerprint density at radius 1 is 1.29 bits per heavy atom. The van der Waals surface area contributed by atoms with E-state index in [0.29, 0.717) is 12.2 Å². The third-order valence-corrected chi connectivity index (χ3v) is 3.93. The summed E-state index contributed by atoms with van der Waals surface area (Å²) in [5, 5.41) is 14.6. The van der Waals surface area contributed by atoms with Crippen LogP contribution in [0.5, 0.6) is 0 Å². The van der Waals surface area contributed by atoms with E-state index in [-0.39, 0.29) is 11.6 Å². The average Bonchev–Trinajstić information content (AvgIpc) is 3.22. The van der Waals surface area contributed by atoms with Crippen LogP contribution < -0.4 is 10.6 Å². The van der Waals surface area contributed by atoms with Crippen LogP contribution in [0.15, 0.2) is 12.1 Å². The van der Waals surface area contributed by atoms with Crippen molar-refractivity contribution in [1.82, 2.24) is 5.32 Å². The Balaban J connectivity index is 1.88. The molecule has 1 aliphatic rings. The molecule has 114 valence electrons. The number of hydrogen-bond donors (Lipinski definition) is 3. The molecule has 3 N–H and O–H groups in total. The maximum atomic E-state index is 11.8. The fourth-order valence-corrected chi connectivity index (χ4v) is 2.33. The molecule has 5 nitrogen and oxygen atoms in total. The van der Waals surface area contributed by atoms with Gasteiger partial charge < -0.3 is 15.7 Å². The Kier molecular flexibility index (Phi) is 4.83. The first-order valence-electron chi connectivity index (χ1n) is 7.36. The van der Waals surface area contributed by atoms with Crippen molar-refractivity contribution >= 4 is 17.7 Å². The highest BCUT2D eigenvalue weighted by atomic mass is 16.4. The molecule has 0 spiro atoms. The topological polar surface area (TPSA) is 78.4 Å². The highest BCUT2D eigenvalue weighted by Crippen LogP contribution is 2.33. The molecule has 0 heterocycles. The molecule has 21 heavy (non-hydrogen) atoms. The molecule has 2 rings (SSSR count). The van der Waals surface area contributed by atoms with Crippen LogP contribution in [0.1, 0.15) is 47.2 Å². The van der Waals surface area contributed by atoms with Crippen LogP contribution in [-0.4, -0.2) is 23.7 Å². The second-order valence-electron chi connectivity index (χ2n) is 5.74. The third kappa shape index (κ3) is 4.48. The van der Waals surface area contributed by atoms with Crippen molar-refractivity contribution in [2.75, 3.05) is 11.9 Å². The number of hydrogen-bond acceptors (Lipinski definition) is 2. The Hall–Kier alpha value is -2.04. The monoisotopic (exact) mass is 290 g/mol. The molecule has 0 radical (unpaired) electrons. The molecular formula is C16H22N2O3. The van der Waals surface area contributed by atoms with Crippen molar-refractivity contribution in [2.24, 2.45) is 5.92 Å². The lowest BCUT2D eigenvalue weighted by molar-refractivity contribution is 0.0696.